The van der Waals surface area contributed by atoms with Gasteiger partial charge in [-0.05, 0) is 19.4 Å². The molecule has 2 amide bonds. The zero-order valence-corrected chi connectivity index (χ0v) is 12.1. The Bertz CT molecular complexity index is 535. The zero-order chi connectivity index (χ0) is 16.0. The third-order valence-electron chi connectivity index (χ3n) is 2.81. The van der Waals surface area contributed by atoms with Gasteiger partial charge in [-0.3, -0.25) is 0 Å². The molecule has 0 radical (unpaired) electrons. The lowest BCUT2D eigenvalue weighted by atomic mass is 10.1. The molecule has 2 N–H and O–H groups in total. The standard InChI is InChI=1S/C14H18F2N2O3/c1-4-5-8(2)17-14(20)18-12-6-9(13(19)21-3)10(15)7-11(12)16/h6-8H,4-5H2,1-3H3,(H2,17,18,20)/t8-/m0/s1. The van der Waals surface area contributed by atoms with E-state index >= 15 is 0 Å². The van der Waals surface area contributed by atoms with Gasteiger partial charge in [-0.2, -0.15) is 0 Å². The molecule has 0 bridgehead atoms. The fourth-order valence-corrected chi connectivity index (χ4v) is 1.80. The minimum Gasteiger partial charge on any atom is -0.465 e. The van der Waals surface area contributed by atoms with Crippen LogP contribution in [0.2, 0.25) is 0 Å². The molecule has 1 aromatic rings. The van der Waals surface area contributed by atoms with Crippen LogP contribution in [0.3, 0.4) is 0 Å². The molecule has 1 aromatic carbocycles. The Morgan fingerprint density at radius 3 is 2.52 bits per heavy atom. The van der Waals surface area contributed by atoms with E-state index in [0.29, 0.717) is 6.07 Å². The molecule has 0 fully saturated rings. The van der Waals surface area contributed by atoms with Gasteiger partial charge in [0.15, 0.2) is 0 Å². The summed E-state index contributed by atoms with van der Waals surface area (Å²) in [6.07, 6.45) is 1.66. The number of hydrogen-bond donors (Lipinski definition) is 2. The summed E-state index contributed by atoms with van der Waals surface area (Å²) < 4.78 is 31.4. The van der Waals surface area contributed by atoms with Gasteiger partial charge < -0.3 is 15.4 Å². The second-order valence-corrected chi connectivity index (χ2v) is 4.59. The normalized spacial score (nSPS) is 11.7. The van der Waals surface area contributed by atoms with Crippen molar-refractivity contribution in [1.82, 2.24) is 5.32 Å². The first kappa shape index (κ1) is 16.9. The van der Waals surface area contributed by atoms with Crippen LogP contribution in [0.25, 0.3) is 0 Å². The second-order valence-electron chi connectivity index (χ2n) is 4.59. The van der Waals surface area contributed by atoms with Crippen molar-refractivity contribution in [1.29, 1.82) is 0 Å². The Morgan fingerprint density at radius 2 is 1.95 bits per heavy atom. The number of urea groups is 1. The molecule has 7 heteroatoms. The molecule has 5 nitrogen and oxygen atoms in total. The van der Waals surface area contributed by atoms with Crippen molar-refractivity contribution in [3.05, 3.63) is 29.3 Å². The first-order chi connectivity index (χ1) is 9.88. The molecule has 1 rings (SSSR count). The van der Waals surface area contributed by atoms with Crippen molar-refractivity contribution in [3.8, 4) is 0 Å². The Kier molecular flexibility index (Phi) is 6.08. The quantitative estimate of drug-likeness (QED) is 0.821. The zero-order valence-electron chi connectivity index (χ0n) is 12.1. The number of carbonyl (C=O) groups is 2. The highest BCUT2D eigenvalue weighted by Gasteiger charge is 2.18. The number of methoxy groups -OCH3 is 1. The highest BCUT2D eigenvalue weighted by atomic mass is 19.1. The van der Waals surface area contributed by atoms with Crippen LogP contribution in [0.5, 0.6) is 0 Å². The van der Waals surface area contributed by atoms with Crippen LogP contribution in [0.4, 0.5) is 19.3 Å². The maximum Gasteiger partial charge on any atom is 0.340 e. The van der Waals surface area contributed by atoms with Crippen LogP contribution in [-0.4, -0.2) is 25.2 Å². The van der Waals surface area contributed by atoms with Crippen LogP contribution >= 0.6 is 0 Å². The van der Waals surface area contributed by atoms with Crippen LogP contribution in [-0.2, 0) is 4.74 Å². The second kappa shape index (κ2) is 7.56. The third kappa shape index (κ3) is 4.70. The minimum absolute atomic E-state index is 0.0846. The van der Waals surface area contributed by atoms with E-state index in [0.717, 1.165) is 26.0 Å². The maximum atomic E-state index is 13.6. The summed E-state index contributed by atoms with van der Waals surface area (Å²) in [5.74, 6) is -2.97. The summed E-state index contributed by atoms with van der Waals surface area (Å²) in [6.45, 7) is 3.78. The van der Waals surface area contributed by atoms with Crippen molar-refractivity contribution in [2.24, 2.45) is 0 Å². The average molecular weight is 300 g/mol. The van der Waals surface area contributed by atoms with Crippen molar-refractivity contribution in [2.45, 2.75) is 32.7 Å². The Hall–Kier alpha value is -2.18. The molecular formula is C14H18F2N2O3. The number of ether oxygens (including phenoxy) is 1. The van der Waals surface area contributed by atoms with Gasteiger partial charge in [0, 0.05) is 12.1 Å². The minimum atomic E-state index is -1.05. The van der Waals surface area contributed by atoms with Crippen molar-refractivity contribution in [2.75, 3.05) is 12.4 Å². The molecule has 0 spiro atoms. The van der Waals surface area contributed by atoms with E-state index in [9.17, 15) is 18.4 Å². The van der Waals surface area contributed by atoms with Gasteiger partial charge in [-0.1, -0.05) is 13.3 Å². The smallest absolute Gasteiger partial charge is 0.340 e. The number of carbonyl (C=O) groups excluding carboxylic acids is 2. The van der Waals surface area contributed by atoms with Gasteiger partial charge in [-0.15, -0.1) is 0 Å². The van der Waals surface area contributed by atoms with Crippen molar-refractivity contribution in [3.63, 3.8) is 0 Å². The van der Waals surface area contributed by atoms with E-state index in [1.807, 2.05) is 13.8 Å². The Balaban J connectivity index is 2.88. The van der Waals surface area contributed by atoms with E-state index in [2.05, 4.69) is 15.4 Å². The van der Waals surface area contributed by atoms with Crippen LogP contribution in [0.15, 0.2) is 12.1 Å². The van der Waals surface area contributed by atoms with E-state index in [4.69, 9.17) is 0 Å². The number of halogens is 2. The highest BCUT2D eigenvalue weighted by molar-refractivity contribution is 5.94. The molecule has 0 unspecified atom stereocenters. The number of hydrogen-bond acceptors (Lipinski definition) is 3. The van der Waals surface area contributed by atoms with Gasteiger partial charge in [0.25, 0.3) is 0 Å². The topological polar surface area (TPSA) is 67.4 Å². The average Bonchev–Trinajstić information content (AvgIpc) is 2.41. The summed E-state index contributed by atoms with van der Waals surface area (Å²) in [4.78, 5) is 23.0. The van der Waals surface area contributed by atoms with Gasteiger partial charge >= 0.3 is 12.0 Å². The van der Waals surface area contributed by atoms with Gasteiger partial charge in [0.05, 0.1) is 18.4 Å². The molecule has 116 valence electrons. The van der Waals surface area contributed by atoms with Crippen LogP contribution in [0, 0.1) is 11.6 Å². The van der Waals surface area contributed by atoms with Crippen LogP contribution < -0.4 is 10.6 Å². The molecule has 1 atom stereocenters. The summed E-state index contributed by atoms with van der Waals surface area (Å²) in [7, 11) is 1.08. The van der Waals surface area contributed by atoms with E-state index in [1.54, 1.807) is 0 Å². The molecule has 0 heterocycles. The molecule has 0 aliphatic carbocycles. The maximum absolute atomic E-state index is 13.6. The lowest BCUT2D eigenvalue weighted by molar-refractivity contribution is 0.0595. The molecular weight excluding hydrogens is 282 g/mol. The summed E-state index contributed by atoms with van der Waals surface area (Å²) >= 11 is 0. The Morgan fingerprint density at radius 1 is 1.29 bits per heavy atom. The Labute approximate surface area is 121 Å². The molecule has 0 aliphatic heterocycles. The molecule has 21 heavy (non-hydrogen) atoms. The first-order valence-electron chi connectivity index (χ1n) is 6.53. The highest BCUT2D eigenvalue weighted by Crippen LogP contribution is 2.20. The lowest BCUT2D eigenvalue weighted by Gasteiger charge is -2.14. The van der Waals surface area contributed by atoms with Crippen molar-refractivity contribution < 1.29 is 23.1 Å². The van der Waals surface area contributed by atoms with Gasteiger partial charge in [0.2, 0.25) is 0 Å². The molecule has 0 saturated heterocycles. The molecule has 0 saturated carbocycles. The number of nitrogens with one attached hydrogen (secondary N) is 2. The number of esters is 1. The van der Waals surface area contributed by atoms with Gasteiger partial charge in [0.1, 0.15) is 11.6 Å². The summed E-state index contributed by atoms with van der Waals surface area (Å²) in [6, 6.07) is 0.716. The lowest BCUT2D eigenvalue weighted by Crippen LogP contribution is -2.36. The third-order valence-corrected chi connectivity index (χ3v) is 2.81. The van der Waals surface area contributed by atoms with Gasteiger partial charge in [-0.25, -0.2) is 18.4 Å². The van der Waals surface area contributed by atoms with Crippen LogP contribution in [0.1, 0.15) is 37.0 Å². The van der Waals surface area contributed by atoms with E-state index in [1.165, 1.54) is 0 Å². The fourth-order valence-electron chi connectivity index (χ4n) is 1.80. The largest absolute Gasteiger partial charge is 0.465 e. The van der Waals surface area contributed by atoms with Crippen molar-refractivity contribution >= 4 is 17.7 Å². The fraction of sp³-hybridized carbons (Fsp3) is 0.429. The predicted octanol–water partition coefficient (Wildman–Crippen LogP) is 3.06. The summed E-state index contributed by atoms with van der Waals surface area (Å²) in [5, 5.41) is 4.85. The number of benzene rings is 1. The number of anilines is 1. The monoisotopic (exact) mass is 300 g/mol. The summed E-state index contributed by atoms with van der Waals surface area (Å²) in [5.41, 5.74) is -0.742. The predicted molar refractivity (Wildman–Crippen MR) is 74.2 cm³/mol. The van der Waals surface area contributed by atoms with E-state index < -0.39 is 29.2 Å². The first-order valence-corrected chi connectivity index (χ1v) is 6.53. The van der Waals surface area contributed by atoms with E-state index in [-0.39, 0.29) is 11.7 Å². The number of rotatable bonds is 5. The molecule has 0 aromatic heterocycles. The SMILES string of the molecule is CCC[C@H](C)NC(=O)Nc1cc(C(=O)OC)c(F)cc1F. The number of amides is 2. The molecule has 0 aliphatic rings.